The van der Waals surface area contributed by atoms with Gasteiger partial charge in [0.1, 0.15) is 11.2 Å². The van der Waals surface area contributed by atoms with Crippen molar-refractivity contribution in [3.63, 3.8) is 0 Å². The monoisotopic (exact) mass is 259 g/mol. The third-order valence-electron chi connectivity index (χ3n) is 3.82. The zero-order chi connectivity index (χ0) is 12.5. The molecule has 1 saturated heterocycles. The van der Waals surface area contributed by atoms with E-state index in [1.807, 2.05) is 6.07 Å². The molecule has 3 rings (SSSR count). The van der Waals surface area contributed by atoms with Gasteiger partial charge in [0.15, 0.2) is 0 Å². The highest BCUT2D eigenvalue weighted by atomic mass is 35.5. The molecule has 2 atom stereocenters. The van der Waals surface area contributed by atoms with Crippen molar-refractivity contribution in [2.45, 2.75) is 25.3 Å². The van der Waals surface area contributed by atoms with Gasteiger partial charge in [-0.2, -0.15) is 5.26 Å². The average molecular weight is 260 g/mol. The van der Waals surface area contributed by atoms with Gasteiger partial charge in [0.25, 0.3) is 0 Å². The topological polar surface area (TPSA) is 48.7 Å². The smallest absolute Gasteiger partial charge is 0.146 e. The summed E-state index contributed by atoms with van der Waals surface area (Å²) in [5, 5.41) is 12.8. The number of nitrogens with one attached hydrogen (secondary N) is 1. The van der Waals surface area contributed by atoms with Crippen LogP contribution < -0.4 is 5.32 Å². The van der Waals surface area contributed by atoms with Crippen molar-refractivity contribution < 1.29 is 0 Å². The van der Waals surface area contributed by atoms with Gasteiger partial charge in [-0.25, -0.2) is 4.98 Å². The number of halogens is 1. The van der Waals surface area contributed by atoms with Crippen LogP contribution in [0.15, 0.2) is 18.3 Å². The van der Waals surface area contributed by atoms with Gasteiger partial charge < -0.3 is 5.32 Å². The Hall–Kier alpha value is -1.37. The third-order valence-corrected chi connectivity index (χ3v) is 4.12. The lowest BCUT2D eigenvalue weighted by Crippen LogP contribution is -2.37. The summed E-state index contributed by atoms with van der Waals surface area (Å²) in [5.74, 6) is 0.634. The van der Waals surface area contributed by atoms with Crippen LogP contribution in [0.1, 0.15) is 30.4 Å². The number of nitriles is 1. The maximum Gasteiger partial charge on any atom is 0.146 e. The minimum Gasteiger partial charge on any atom is -0.313 e. The van der Waals surface area contributed by atoms with Gasteiger partial charge in [-0.3, -0.25) is 0 Å². The lowest BCUT2D eigenvalue weighted by Gasteiger charge is -2.25. The molecule has 0 aromatic carbocycles. The van der Waals surface area contributed by atoms with Crippen LogP contribution in [0.4, 0.5) is 0 Å². The van der Waals surface area contributed by atoms with E-state index in [4.69, 9.17) is 16.9 Å². The zero-order valence-electron chi connectivity index (χ0n) is 9.99. The van der Waals surface area contributed by atoms with Crippen LogP contribution in [0.2, 0.25) is 5.15 Å². The molecule has 2 aliphatic rings. The molecule has 4 heteroatoms. The van der Waals surface area contributed by atoms with Gasteiger partial charge in [-0.1, -0.05) is 17.7 Å². The molecule has 2 heterocycles. The van der Waals surface area contributed by atoms with E-state index >= 15 is 0 Å². The van der Waals surface area contributed by atoms with Crippen molar-refractivity contribution >= 4 is 17.2 Å². The second-order valence-electron chi connectivity index (χ2n) is 4.94. The molecule has 0 bridgehead atoms. The fourth-order valence-electron chi connectivity index (χ4n) is 2.88. The SMILES string of the molecule is N#Cc1cc(C2=C[C@@H]3CCCN[C@@H]3C2)cnc1Cl. The Morgan fingerprint density at radius 3 is 3.17 bits per heavy atom. The van der Waals surface area contributed by atoms with Gasteiger partial charge in [0.2, 0.25) is 0 Å². The summed E-state index contributed by atoms with van der Waals surface area (Å²) in [7, 11) is 0. The average Bonchev–Trinajstić information content (AvgIpc) is 2.83. The lowest BCUT2D eigenvalue weighted by molar-refractivity contribution is 0.348. The van der Waals surface area contributed by atoms with E-state index in [1.54, 1.807) is 6.20 Å². The van der Waals surface area contributed by atoms with Crippen molar-refractivity contribution in [1.82, 2.24) is 10.3 Å². The van der Waals surface area contributed by atoms with Crippen LogP contribution in [-0.4, -0.2) is 17.6 Å². The fourth-order valence-corrected chi connectivity index (χ4v) is 3.03. The first-order valence-corrected chi connectivity index (χ1v) is 6.66. The second kappa shape index (κ2) is 4.72. The van der Waals surface area contributed by atoms with Crippen molar-refractivity contribution in [3.05, 3.63) is 34.6 Å². The summed E-state index contributed by atoms with van der Waals surface area (Å²) in [6, 6.07) is 4.50. The van der Waals surface area contributed by atoms with Gasteiger partial charge in [0, 0.05) is 12.2 Å². The number of rotatable bonds is 1. The number of hydrogen-bond donors (Lipinski definition) is 1. The normalized spacial score (nSPS) is 26.3. The first-order valence-electron chi connectivity index (χ1n) is 6.28. The van der Waals surface area contributed by atoms with Crippen LogP contribution in [0.5, 0.6) is 0 Å². The summed E-state index contributed by atoms with van der Waals surface area (Å²) in [6.45, 7) is 1.12. The molecule has 1 aliphatic heterocycles. The number of fused-ring (bicyclic) bond motifs is 1. The summed E-state index contributed by atoms with van der Waals surface area (Å²) in [4.78, 5) is 4.09. The van der Waals surface area contributed by atoms with E-state index in [0.29, 0.717) is 17.5 Å². The molecular formula is C14H14ClN3. The van der Waals surface area contributed by atoms with E-state index in [9.17, 15) is 0 Å². The minimum absolute atomic E-state index is 0.287. The van der Waals surface area contributed by atoms with E-state index in [2.05, 4.69) is 22.4 Å². The summed E-state index contributed by atoms with van der Waals surface area (Å²) in [5.41, 5.74) is 2.78. The predicted octanol–water partition coefficient (Wildman–Crippen LogP) is 2.76. The van der Waals surface area contributed by atoms with Crippen LogP contribution >= 0.6 is 11.6 Å². The molecule has 1 fully saturated rings. The van der Waals surface area contributed by atoms with Gasteiger partial charge >= 0.3 is 0 Å². The Morgan fingerprint density at radius 1 is 1.50 bits per heavy atom. The van der Waals surface area contributed by atoms with Gasteiger partial charge in [0.05, 0.1) is 5.56 Å². The van der Waals surface area contributed by atoms with Crippen molar-refractivity contribution in [2.75, 3.05) is 6.54 Å². The molecule has 0 amide bonds. The quantitative estimate of drug-likeness (QED) is 0.789. The van der Waals surface area contributed by atoms with E-state index < -0.39 is 0 Å². The van der Waals surface area contributed by atoms with Gasteiger partial charge in [-0.05, 0) is 48.9 Å². The van der Waals surface area contributed by atoms with E-state index in [1.165, 1.54) is 18.4 Å². The summed E-state index contributed by atoms with van der Waals surface area (Å²) < 4.78 is 0. The molecule has 0 unspecified atom stereocenters. The number of hydrogen-bond acceptors (Lipinski definition) is 3. The Balaban J connectivity index is 1.90. The molecule has 18 heavy (non-hydrogen) atoms. The first-order chi connectivity index (χ1) is 8.78. The highest BCUT2D eigenvalue weighted by Gasteiger charge is 2.30. The minimum atomic E-state index is 0.287. The van der Waals surface area contributed by atoms with Crippen LogP contribution in [0.25, 0.3) is 5.57 Å². The molecule has 3 nitrogen and oxygen atoms in total. The van der Waals surface area contributed by atoms with E-state index in [-0.39, 0.29) is 5.15 Å². The highest BCUT2D eigenvalue weighted by Crippen LogP contribution is 2.36. The maximum atomic E-state index is 8.99. The lowest BCUT2D eigenvalue weighted by atomic mass is 9.94. The molecule has 1 aromatic heterocycles. The molecule has 92 valence electrons. The number of piperidine rings is 1. The predicted molar refractivity (Wildman–Crippen MR) is 71.1 cm³/mol. The van der Waals surface area contributed by atoms with Crippen molar-refractivity contribution in [1.29, 1.82) is 5.26 Å². The van der Waals surface area contributed by atoms with Gasteiger partial charge in [-0.15, -0.1) is 0 Å². The fraction of sp³-hybridized carbons (Fsp3) is 0.429. The zero-order valence-corrected chi connectivity index (χ0v) is 10.7. The standard InChI is InChI=1S/C14H14ClN3/c15-14-11(7-16)5-12(8-18-14)10-4-9-2-1-3-17-13(9)6-10/h4-5,8-9,13,17H,1-3,6H2/t9-,13+/m0/s1. The maximum absolute atomic E-state index is 8.99. The summed E-state index contributed by atoms with van der Waals surface area (Å²) in [6.07, 6.45) is 7.63. The third kappa shape index (κ3) is 2.03. The molecule has 0 saturated carbocycles. The van der Waals surface area contributed by atoms with Crippen molar-refractivity contribution in [2.24, 2.45) is 5.92 Å². The molecule has 1 aliphatic carbocycles. The number of nitrogens with zero attached hydrogens (tertiary/aromatic N) is 2. The highest BCUT2D eigenvalue weighted by molar-refractivity contribution is 6.30. The van der Waals surface area contributed by atoms with Crippen LogP contribution in [0, 0.1) is 17.2 Å². The Labute approximate surface area is 111 Å². The molecule has 1 aromatic rings. The van der Waals surface area contributed by atoms with E-state index in [0.717, 1.165) is 18.5 Å². The molecule has 1 N–H and O–H groups in total. The Kier molecular flexibility index (Phi) is 3.07. The molecule has 0 radical (unpaired) electrons. The first kappa shape index (κ1) is 11.7. The van der Waals surface area contributed by atoms with Crippen LogP contribution in [0.3, 0.4) is 0 Å². The number of pyridine rings is 1. The summed E-state index contributed by atoms with van der Waals surface area (Å²) >= 11 is 5.86. The molecular weight excluding hydrogens is 246 g/mol. The number of aromatic nitrogens is 1. The Bertz CT molecular complexity index is 544. The van der Waals surface area contributed by atoms with Crippen molar-refractivity contribution in [3.8, 4) is 6.07 Å². The Morgan fingerprint density at radius 2 is 2.39 bits per heavy atom. The largest absolute Gasteiger partial charge is 0.313 e. The van der Waals surface area contributed by atoms with Crippen LogP contribution in [-0.2, 0) is 0 Å². The molecule has 0 spiro atoms. The second-order valence-corrected chi connectivity index (χ2v) is 5.29.